The fraction of sp³-hybridized carbons (Fsp3) is 0.417. The van der Waals surface area contributed by atoms with E-state index in [-0.39, 0.29) is 6.54 Å². The molecular weight excluding hydrogens is 229 g/mol. The molecule has 0 spiro atoms. The van der Waals surface area contributed by atoms with Crippen LogP contribution in [0.4, 0.5) is 18.9 Å². The zero-order valence-corrected chi connectivity index (χ0v) is 9.67. The molecule has 1 aromatic carbocycles. The molecule has 0 radical (unpaired) electrons. The Labute approximate surface area is 98.3 Å². The number of halogens is 3. The maximum atomic E-state index is 12.3. The largest absolute Gasteiger partial charge is 0.405 e. The molecule has 0 aliphatic rings. The van der Waals surface area contributed by atoms with Crippen LogP contribution in [0.3, 0.4) is 0 Å². The average molecular weight is 242 g/mol. The summed E-state index contributed by atoms with van der Waals surface area (Å²) in [7, 11) is 0. The Morgan fingerprint density at radius 3 is 2.41 bits per heavy atom. The van der Waals surface area contributed by atoms with Gasteiger partial charge in [-0.25, -0.2) is 0 Å². The third-order valence-electron chi connectivity index (χ3n) is 2.45. The van der Waals surface area contributed by atoms with E-state index in [4.69, 9.17) is 5.26 Å². The van der Waals surface area contributed by atoms with E-state index in [0.717, 1.165) is 0 Å². The summed E-state index contributed by atoms with van der Waals surface area (Å²) in [5.74, 6) is 0. The molecule has 0 bridgehead atoms. The first kappa shape index (κ1) is 13.4. The topological polar surface area (TPSA) is 27.0 Å². The molecule has 0 N–H and O–H groups in total. The number of hydrogen-bond donors (Lipinski definition) is 0. The first-order valence-electron chi connectivity index (χ1n) is 5.20. The number of anilines is 1. The van der Waals surface area contributed by atoms with E-state index >= 15 is 0 Å². The van der Waals surface area contributed by atoms with Crippen molar-refractivity contribution in [2.45, 2.75) is 20.0 Å². The van der Waals surface area contributed by atoms with Gasteiger partial charge in [-0.2, -0.15) is 18.4 Å². The molecule has 0 atom stereocenters. The van der Waals surface area contributed by atoms with Crippen LogP contribution >= 0.6 is 0 Å². The molecule has 17 heavy (non-hydrogen) atoms. The van der Waals surface area contributed by atoms with Crippen LogP contribution in [-0.2, 0) is 0 Å². The van der Waals surface area contributed by atoms with Gasteiger partial charge in [0.1, 0.15) is 6.54 Å². The Morgan fingerprint density at radius 1 is 1.35 bits per heavy atom. The molecule has 0 saturated heterocycles. The van der Waals surface area contributed by atoms with Gasteiger partial charge in [0.05, 0.1) is 11.6 Å². The van der Waals surface area contributed by atoms with Gasteiger partial charge >= 0.3 is 6.18 Å². The van der Waals surface area contributed by atoms with E-state index in [1.54, 1.807) is 32.0 Å². The minimum Gasteiger partial charge on any atom is -0.363 e. The summed E-state index contributed by atoms with van der Waals surface area (Å²) >= 11 is 0. The maximum absolute atomic E-state index is 12.3. The molecule has 2 nitrogen and oxygen atoms in total. The molecule has 92 valence electrons. The van der Waals surface area contributed by atoms with Crippen molar-refractivity contribution in [3.63, 3.8) is 0 Å². The highest BCUT2D eigenvalue weighted by Gasteiger charge is 2.30. The number of hydrogen-bond acceptors (Lipinski definition) is 2. The summed E-state index contributed by atoms with van der Waals surface area (Å²) in [4.78, 5) is 1.23. The smallest absolute Gasteiger partial charge is 0.363 e. The summed E-state index contributed by atoms with van der Waals surface area (Å²) in [6.45, 7) is 2.67. The number of nitrogens with zero attached hydrogens (tertiary/aromatic N) is 2. The van der Waals surface area contributed by atoms with Gasteiger partial charge in [-0.3, -0.25) is 0 Å². The molecule has 0 amide bonds. The van der Waals surface area contributed by atoms with Crippen molar-refractivity contribution in [3.8, 4) is 6.07 Å². The molecule has 0 heterocycles. The van der Waals surface area contributed by atoms with E-state index in [1.165, 1.54) is 4.90 Å². The first-order chi connectivity index (χ1) is 7.87. The van der Waals surface area contributed by atoms with Gasteiger partial charge in [-0.1, -0.05) is 0 Å². The summed E-state index contributed by atoms with van der Waals surface area (Å²) in [5, 5.41) is 8.75. The predicted molar refractivity (Wildman–Crippen MR) is 59.8 cm³/mol. The van der Waals surface area contributed by atoms with E-state index < -0.39 is 12.7 Å². The lowest BCUT2D eigenvalue weighted by Crippen LogP contribution is -2.34. The fourth-order valence-corrected chi connectivity index (χ4v) is 1.57. The summed E-state index contributed by atoms with van der Waals surface area (Å²) in [6, 6.07) is 6.68. The minimum atomic E-state index is -4.22. The van der Waals surface area contributed by atoms with Crippen LogP contribution in [0.25, 0.3) is 0 Å². The minimum absolute atomic E-state index is 0.269. The van der Waals surface area contributed by atoms with E-state index in [2.05, 4.69) is 0 Å². The van der Waals surface area contributed by atoms with Crippen molar-refractivity contribution < 1.29 is 13.2 Å². The van der Waals surface area contributed by atoms with Gasteiger partial charge in [0, 0.05) is 12.2 Å². The lowest BCUT2D eigenvalue weighted by Gasteiger charge is -2.24. The van der Waals surface area contributed by atoms with Crippen LogP contribution in [0, 0.1) is 18.3 Å². The van der Waals surface area contributed by atoms with Crippen LogP contribution in [0.2, 0.25) is 0 Å². The lowest BCUT2D eigenvalue weighted by atomic mass is 10.1. The van der Waals surface area contributed by atoms with Gasteiger partial charge in [0.25, 0.3) is 0 Å². The Morgan fingerprint density at radius 2 is 2.00 bits per heavy atom. The zero-order chi connectivity index (χ0) is 13.1. The number of aryl methyl sites for hydroxylation is 1. The number of benzene rings is 1. The van der Waals surface area contributed by atoms with Crippen LogP contribution in [0.1, 0.15) is 18.1 Å². The predicted octanol–water partition coefficient (Wildman–Crippen LogP) is 3.26. The Balaban J connectivity index is 2.98. The lowest BCUT2D eigenvalue weighted by molar-refractivity contribution is -0.119. The molecule has 0 unspecified atom stereocenters. The van der Waals surface area contributed by atoms with Crippen molar-refractivity contribution in [2.75, 3.05) is 18.0 Å². The Bertz CT molecular complexity index is 432. The van der Waals surface area contributed by atoms with Gasteiger partial charge < -0.3 is 4.90 Å². The molecular formula is C12H13F3N2. The Kier molecular flexibility index (Phi) is 4.00. The third-order valence-corrected chi connectivity index (χ3v) is 2.45. The summed E-state index contributed by atoms with van der Waals surface area (Å²) in [5.41, 5.74) is 1.66. The van der Waals surface area contributed by atoms with Gasteiger partial charge in [0.15, 0.2) is 0 Å². The summed E-state index contributed by atoms with van der Waals surface area (Å²) < 4.78 is 37.0. The van der Waals surface area contributed by atoms with Crippen molar-refractivity contribution >= 4 is 5.69 Å². The SMILES string of the molecule is CCN(CC(F)(F)F)c1ccc(C#N)c(C)c1. The molecule has 1 aromatic rings. The van der Waals surface area contributed by atoms with E-state index in [9.17, 15) is 13.2 Å². The monoisotopic (exact) mass is 242 g/mol. The van der Waals surface area contributed by atoms with Crippen molar-refractivity contribution in [3.05, 3.63) is 29.3 Å². The highest BCUT2D eigenvalue weighted by atomic mass is 19.4. The second-order valence-corrected chi connectivity index (χ2v) is 3.74. The van der Waals surface area contributed by atoms with Crippen LogP contribution in [-0.4, -0.2) is 19.3 Å². The standard InChI is InChI=1S/C12H13F3N2/c1-3-17(8-12(13,14)15)11-5-4-10(7-16)9(2)6-11/h4-6H,3,8H2,1-2H3. The highest BCUT2D eigenvalue weighted by molar-refractivity contribution is 5.53. The second-order valence-electron chi connectivity index (χ2n) is 3.74. The average Bonchev–Trinajstić information content (AvgIpc) is 2.24. The zero-order valence-electron chi connectivity index (χ0n) is 9.67. The molecule has 1 rings (SSSR count). The Hall–Kier alpha value is -1.70. The highest BCUT2D eigenvalue weighted by Crippen LogP contribution is 2.23. The quantitative estimate of drug-likeness (QED) is 0.813. The molecule has 0 aromatic heterocycles. The third kappa shape index (κ3) is 3.66. The van der Waals surface area contributed by atoms with Gasteiger partial charge in [-0.15, -0.1) is 0 Å². The maximum Gasteiger partial charge on any atom is 0.405 e. The van der Waals surface area contributed by atoms with Gasteiger partial charge in [-0.05, 0) is 37.6 Å². The van der Waals surface area contributed by atoms with E-state index in [1.807, 2.05) is 6.07 Å². The van der Waals surface area contributed by atoms with Crippen molar-refractivity contribution in [1.82, 2.24) is 0 Å². The van der Waals surface area contributed by atoms with E-state index in [0.29, 0.717) is 16.8 Å². The molecule has 0 aliphatic carbocycles. The fourth-order valence-electron chi connectivity index (χ4n) is 1.57. The first-order valence-corrected chi connectivity index (χ1v) is 5.20. The molecule has 0 fully saturated rings. The van der Waals surface area contributed by atoms with Crippen LogP contribution in [0.15, 0.2) is 18.2 Å². The van der Waals surface area contributed by atoms with Crippen LogP contribution in [0.5, 0.6) is 0 Å². The second kappa shape index (κ2) is 5.09. The number of nitriles is 1. The molecule has 5 heteroatoms. The van der Waals surface area contributed by atoms with Gasteiger partial charge in [0.2, 0.25) is 0 Å². The molecule has 0 aliphatic heterocycles. The van der Waals surface area contributed by atoms with Crippen molar-refractivity contribution in [1.29, 1.82) is 5.26 Å². The van der Waals surface area contributed by atoms with Crippen LogP contribution < -0.4 is 4.90 Å². The summed E-state index contributed by atoms with van der Waals surface area (Å²) in [6.07, 6.45) is -4.22. The number of rotatable bonds is 3. The molecule has 0 saturated carbocycles. The normalized spacial score (nSPS) is 11.1. The number of alkyl halides is 3. The van der Waals surface area contributed by atoms with Crippen molar-refractivity contribution in [2.24, 2.45) is 0 Å².